The number of H-pyrrole nitrogens is 1. The largest absolute Gasteiger partial charge is 0.294 e. The van der Waals surface area contributed by atoms with E-state index in [0.717, 1.165) is 31.7 Å². The van der Waals surface area contributed by atoms with Crippen LogP contribution in [-0.2, 0) is 26.6 Å². The Labute approximate surface area is 171 Å². The summed E-state index contributed by atoms with van der Waals surface area (Å²) in [7, 11) is 1.97. The van der Waals surface area contributed by atoms with Crippen LogP contribution in [0.1, 0.15) is 39.6 Å². The van der Waals surface area contributed by atoms with Gasteiger partial charge in [-0.3, -0.25) is 14.7 Å². The molecule has 5 heteroatoms. The molecule has 0 unspecified atom stereocenters. The van der Waals surface area contributed by atoms with Gasteiger partial charge in [-0.15, -0.1) is 0 Å². The Balaban J connectivity index is 1.50. The first kappa shape index (κ1) is 17.9. The van der Waals surface area contributed by atoms with E-state index < -0.39 is 0 Å². The van der Waals surface area contributed by atoms with Crippen molar-refractivity contribution in [3.05, 3.63) is 107 Å². The number of hydrogen-bond acceptors (Lipinski definition) is 3. The first-order valence-electron chi connectivity index (χ1n) is 10.1. The Morgan fingerprint density at radius 3 is 2.31 bits per heavy atom. The molecule has 4 aromatic rings. The van der Waals surface area contributed by atoms with Crippen LogP contribution in [0.5, 0.6) is 0 Å². The summed E-state index contributed by atoms with van der Waals surface area (Å²) >= 11 is 0. The van der Waals surface area contributed by atoms with E-state index in [1.807, 2.05) is 17.9 Å². The maximum Gasteiger partial charge on any atom is 0.0788 e. The lowest BCUT2D eigenvalue weighted by Crippen LogP contribution is -2.30. The SMILES string of the molecule is Cn1cc(CN2CCc3[nH]nc(C(c4ccccc4)c4ccccc4)c3C2)cn1. The minimum atomic E-state index is 0.135. The molecule has 3 heterocycles. The topological polar surface area (TPSA) is 49.7 Å². The van der Waals surface area contributed by atoms with E-state index in [9.17, 15) is 0 Å². The number of nitrogens with zero attached hydrogens (tertiary/aromatic N) is 4. The molecule has 5 rings (SSSR count). The molecule has 5 nitrogen and oxygen atoms in total. The fourth-order valence-corrected chi connectivity index (χ4v) is 4.36. The van der Waals surface area contributed by atoms with Crippen molar-refractivity contribution < 1.29 is 0 Å². The monoisotopic (exact) mass is 383 g/mol. The summed E-state index contributed by atoms with van der Waals surface area (Å²) in [6.07, 6.45) is 5.06. The third-order valence-corrected chi connectivity index (χ3v) is 5.75. The molecule has 1 N–H and O–H groups in total. The predicted octanol–water partition coefficient (Wildman–Crippen LogP) is 3.88. The van der Waals surface area contributed by atoms with Crippen LogP contribution in [0.4, 0.5) is 0 Å². The van der Waals surface area contributed by atoms with E-state index in [-0.39, 0.29) is 5.92 Å². The van der Waals surface area contributed by atoms with Crippen molar-refractivity contribution in [2.45, 2.75) is 25.4 Å². The van der Waals surface area contributed by atoms with E-state index >= 15 is 0 Å². The summed E-state index contributed by atoms with van der Waals surface area (Å²) in [5.41, 5.74) is 7.57. The van der Waals surface area contributed by atoms with Gasteiger partial charge in [-0.1, -0.05) is 60.7 Å². The van der Waals surface area contributed by atoms with Gasteiger partial charge in [0.2, 0.25) is 0 Å². The first-order valence-corrected chi connectivity index (χ1v) is 10.1. The standard InChI is InChI=1S/C24H25N5/c1-28-15-18(14-25-28)16-29-13-12-22-21(17-29)24(27-26-22)23(19-8-4-2-5-9-19)20-10-6-3-7-11-20/h2-11,14-15,23H,12-13,16-17H2,1H3,(H,26,27). The fraction of sp³-hybridized carbons (Fsp3) is 0.250. The van der Waals surface area contributed by atoms with E-state index in [1.165, 1.54) is 27.9 Å². The van der Waals surface area contributed by atoms with Crippen LogP contribution in [0.15, 0.2) is 73.1 Å². The highest BCUT2D eigenvalue weighted by atomic mass is 15.2. The maximum atomic E-state index is 4.83. The van der Waals surface area contributed by atoms with Crippen LogP contribution in [0.3, 0.4) is 0 Å². The zero-order valence-electron chi connectivity index (χ0n) is 16.6. The van der Waals surface area contributed by atoms with Gasteiger partial charge >= 0.3 is 0 Å². The Hall–Kier alpha value is -3.18. The minimum Gasteiger partial charge on any atom is -0.294 e. The van der Waals surface area contributed by atoms with Crippen LogP contribution in [0, 0.1) is 0 Å². The number of aromatic amines is 1. The third-order valence-electron chi connectivity index (χ3n) is 5.75. The summed E-state index contributed by atoms with van der Waals surface area (Å²) in [5.74, 6) is 0.135. The normalized spacial score (nSPS) is 14.3. The van der Waals surface area contributed by atoms with Gasteiger partial charge in [0.15, 0.2) is 0 Å². The molecule has 0 bridgehead atoms. The van der Waals surface area contributed by atoms with Crippen molar-refractivity contribution in [3.8, 4) is 0 Å². The van der Waals surface area contributed by atoms with Crippen molar-refractivity contribution in [2.75, 3.05) is 6.54 Å². The van der Waals surface area contributed by atoms with Crippen LogP contribution in [-0.4, -0.2) is 31.4 Å². The summed E-state index contributed by atoms with van der Waals surface area (Å²) in [4.78, 5) is 2.49. The lowest BCUT2D eigenvalue weighted by atomic mass is 9.85. The molecular formula is C24H25N5. The molecule has 0 saturated carbocycles. The van der Waals surface area contributed by atoms with Crippen molar-refractivity contribution >= 4 is 0 Å². The number of aryl methyl sites for hydroxylation is 1. The van der Waals surface area contributed by atoms with Gasteiger partial charge in [-0.25, -0.2) is 0 Å². The minimum absolute atomic E-state index is 0.135. The average molecular weight is 383 g/mol. The number of benzene rings is 2. The molecule has 0 fully saturated rings. The second kappa shape index (κ2) is 7.68. The van der Waals surface area contributed by atoms with Gasteiger partial charge < -0.3 is 0 Å². The zero-order valence-corrected chi connectivity index (χ0v) is 16.6. The van der Waals surface area contributed by atoms with E-state index in [2.05, 4.69) is 82.0 Å². The second-order valence-electron chi connectivity index (χ2n) is 7.80. The van der Waals surface area contributed by atoms with Crippen molar-refractivity contribution in [3.63, 3.8) is 0 Å². The number of rotatable bonds is 5. The quantitative estimate of drug-likeness (QED) is 0.569. The predicted molar refractivity (Wildman–Crippen MR) is 113 cm³/mol. The Bertz CT molecular complexity index is 1040. The molecule has 29 heavy (non-hydrogen) atoms. The smallest absolute Gasteiger partial charge is 0.0788 e. The van der Waals surface area contributed by atoms with Gasteiger partial charge in [0, 0.05) is 56.1 Å². The molecule has 146 valence electrons. The Morgan fingerprint density at radius 1 is 1.00 bits per heavy atom. The van der Waals surface area contributed by atoms with E-state index in [1.54, 1.807) is 0 Å². The molecule has 1 aliphatic heterocycles. The lowest BCUT2D eigenvalue weighted by Gasteiger charge is -2.28. The summed E-state index contributed by atoms with van der Waals surface area (Å²) in [6, 6.07) is 21.4. The fourth-order valence-electron chi connectivity index (χ4n) is 4.36. The van der Waals surface area contributed by atoms with E-state index in [4.69, 9.17) is 5.10 Å². The summed E-state index contributed by atoms with van der Waals surface area (Å²) < 4.78 is 1.87. The average Bonchev–Trinajstić information content (AvgIpc) is 3.36. The highest BCUT2D eigenvalue weighted by molar-refractivity contribution is 5.45. The van der Waals surface area contributed by atoms with Crippen molar-refractivity contribution in [1.82, 2.24) is 24.9 Å². The van der Waals surface area contributed by atoms with Gasteiger partial charge in [-0.05, 0) is 11.1 Å². The number of fused-ring (bicyclic) bond motifs is 1. The maximum absolute atomic E-state index is 4.83. The summed E-state index contributed by atoms with van der Waals surface area (Å²) in [6.45, 7) is 2.86. The molecule has 0 saturated heterocycles. The Kier molecular flexibility index (Phi) is 4.74. The second-order valence-corrected chi connectivity index (χ2v) is 7.80. The van der Waals surface area contributed by atoms with Crippen LogP contribution < -0.4 is 0 Å². The Morgan fingerprint density at radius 2 is 1.69 bits per heavy atom. The molecule has 0 aliphatic carbocycles. The highest BCUT2D eigenvalue weighted by Gasteiger charge is 2.28. The van der Waals surface area contributed by atoms with Crippen LogP contribution in [0.2, 0.25) is 0 Å². The molecule has 0 atom stereocenters. The summed E-state index contributed by atoms with van der Waals surface area (Å²) in [5, 5.41) is 12.5. The van der Waals surface area contributed by atoms with Crippen LogP contribution >= 0.6 is 0 Å². The van der Waals surface area contributed by atoms with Crippen molar-refractivity contribution in [2.24, 2.45) is 7.05 Å². The molecule has 2 aromatic carbocycles. The molecular weight excluding hydrogens is 358 g/mol. The molecule has 0 radical (unpaired) electrons. The van der Waals surface area contributed by atoms with Gasteiger partial charge in [0.25, 0.3) is 0 Å². The van der Waals surface area contributed by atoms with Crippen molar-refractivity contribution in [1.29, 1.82) is 0 Å². The lowest BCUT2D eigenvalue weighted by molar-refractivity contribution is 0.244. The highest BCUT2D eigenvalue weighted by Crippen LogP contribution is 2.35. The van der Waals surface area contributed by atoms with Gasteiger partial charge in [0.05, 0.1) is 17.8 Å². The molecule has 0 spiro atoms. The van der Waals surface area contributed by atoms with Gasteiger partial charge in [-0.2, -0.15) is 10.2 Å². The number of aromatic nitrogens is 4. The zero-order chi connectivity index (χ0) is 19.6. The molecule has 0 amide bonds. The van der Waals surface area contributed by atoms with Gasteiger partial charge in [0.1, 0.15) is 0 Å². The van der Waals surface area contributed by atoms with E-state index in [0.29, 0.717) is 0 Å². The first-order chi connectivity index (χ1) is 14.3. The molecule has 1 aliphatic rings. The number of hydrogen-bond donors (Lipinski definition) is 1. The molecule has 2 aromatic heterocycles. The van der Waals surface area contributed by atoms with Crippen LogP contribution in [0.25, 0.3) is 0 Å². The number of nitrogens with one attached hydrogen (secondary N) is 1. The third kappa shape index (κ3) is 3.61.